The Bertz CT molecular complexity index is 655. The van der Waals surface area contributed by atoms with Gasteiger partial charge in [0.25, 0.3) is 0 Å². The van der Waals surface area contributed by atoms with Crippen LogP contribution < -0.4 is 4.46 Å². The maximum absolute atomic E-state index is 13.2. The molecular formula is C17H27O5PSeSi. The Balaban J connectivity index is 2.41. The van der Waals surface area contributed by atoms with Gasteiger partial charge in [-0.15, -0.1) is 0 Å². The summed E-state index contributed by atoms with van der Waals surface area (Å²) in [4.78, 5) is 12.6. The normalized spacial score (nSPS) is 24.6. The van der Waals surface area contributed by atoms with Gasteiger partial charge in [-0.25, -0.2) is 0 Å². The Morgan fingerprint density at radius 2 is 1.76 bits per heavy atom. The number of benzene rings is 1. The van der Waals surface area contributed by atoms with Crippen molar-refractivity contribution in [2.75, 3.05) is 21.3 Å². The van der Waals surface area contributed by atoms with Gasteiger partial charge in [0, 0.05) is 0 Å². The van der Waals surface area contributed by atoms with E-state index >= 15 is 0 Å². The fourth-order valence-electron chi connectivity index (χ4n) is 3.38. The van der Waals surface area contributed by atoms with E-state index in [9.17, 15) is 9.36 Å². The Hall–Kier alpha value is -0.424. The Kier molecular flexibility index (Phi) is 6.41. The van der Waals surface area contributed by atoms with Crippen LogP contribution in [-0.4, -0.2) is 55.5 Å². The van der Waals surface area contributed by atoms with Crippen LogP contribution in [0, 0.1) is 5.92 Å². The standard InChI is InChI=1S/C17H27O5PSeSi/c1-20-16(18)17(23(19,21-2)22-3)12-14(17)15(25(4,5)6)24-13-10-8-7-9-11-13/h7-11,14-15H,12H2,1-6H3/t14-,15+,17+/m0/s1. The van der Waals surface area contributed by atoms with Crippen LogP contribution in [0.4, 0.5) is 0 Å². The minimum atomic E-state index is -3.57. The van der Waals surface area contributed by atoms with E-state index in [-0.39, 0.29) is 20.9 Å². The molecule has 5 nitrogen and oxygen atoms in total. The van der Waals surface area contributed by atoms with Crippen LogP contribution >= 0.6 is 7.60 Å². The van der Waals surface area contributed by atoms with Gasteiger partial charge in [-0.1, -0.05) is 0 Å². The van der Waals surface area contributed by atoms with Crippen molar-refractivity contribution in [1.82, 2.24) is 0 Å². The molecule has 1 aliphatic carbocycles. The van der Waals surface area contributed by atoms with E-state index in [1.807, 2.05) is 18.2 Å². The first kappa shape index (κ1) is 20.9. The molecule has 1 fully saturated rings. The van der Waals surface area contributed by atoms with Crippen LogP contribution in [0.3, 0.4) is 0 Å². The van der Waals surface area contributed by atoms with E-state index in [0.717, 1.165) is 0 Å². The fourth-order valence-corrected chi connectivity index (χ4v) is 13.0. The minimum absolute atomic E-state index is 0.0300. The molecule has 0 N–H and O–H groups in total. The average molecular weight is 449 g/mol. The van der Waals surface area contributed by atoms with Crippen molar-refractivity contribution in [3.63, 3.8) is 0 Å². The van der Waals surface area contributed by atoms with Crippen LogP contribution in [0.25, 0.3) is 0 Å². The molecule has 1 aromatic rings. The molecule has 1 saturated carbocycles. The SMILES string of the molecule is COC(=O)[C@@]1(P(=O)(OC)OC)C[C@H]1[C@H]([Se]c1ccccc1)[Si](C)(C)C. The number of methoxy groups -OCH3 is 1. The quantitative estimate of drug-likeness (QED) is 0.347. The summed E-state index contributed by atoms with van der Waals surface area (Å²) in [5, 5.41) is -1.16. The first-order valence-corrected chi connectivity index (χ1v) is 15.1. The summed E-state index contributed by atoms with van der Waals surface area (Å²) in [5.41, 5.74) is 0. The van der Waals surface area contributed by atoms with Crippen LogP contribution in [0.15, 0.2) is 30.3 Å². The number of ether oxygens (including phenoxy) is 1. The fraction of sp³-hybridized carbons (Fsp3) is 0.588. The number of hydrogen-bond acceptors (Lipinski definition) is 5. The third kappa shape index (κ3) is 3.82. The van der Waals surface area contributed by atoms with Gasteiger partial charge >= 0.3 is 157 Å². The predicted octanol–water partition coefficient (Wildman–Crippen LogP) is 3.10. The number of rotatable bonds is 8. The van der Waals surface area contributed by atoms with Crippen LogP contribution in [0.5, 0.6) is 0 Å². The van der Waals surface area contributed by atoms with Crippen molar-refractivity contribution >= 4 is 41.1 Å². The summed E-state index contributed by atoms with van der Waals surface area (Å²) in [7, 11) is -1.18. The van der Waals surface area contributed by atoms with E-state index in [2.05, 4.69) is 31.8 Å². The Labute approximate surface area is 157 Å². The Morgan fingerprint density at radius 3 is 2.20 bits per heavy atom. The van der Waals surface area contributed by atoms with Gasteiger partial charge in [-0.2, -0.15) is 0 Å². The molecule has 1 aliphatic rings. The molecule has 8 heteroatoms. The molecule has 0 unspecified atom stereocenters. The second-order valence-corrected chi connectivity index (χ2v) is 18.7. The van der Waals surface area contributed by atoms with E-state index in [1.165, 1.54) is 25.8 Å². The zero-order valence-electron chi connectivity index (χ0n) is 15.6. The van der Waals surface area contributed by atoms with Crippen molar-refractivity contribution in [2.45, 2.75) is 35.7 Å². The number of carbonyl (C=O) groups excluding carboxylic acids is 1. The van der Waals surface area contributed by atoms with Crippen LogP contribution in [0.1, 0.15) is 6.42 Å². The molecule has 0 bridgehead atoms. The van der Waals surface area contributed by atoms with Crippen LogP contribution in [0.2, 0.25) is 24.1 Å². The van der Waals surface area contributed by atoms with Crippen LogP contribution in [-0.2, 0) is 23.1 Å². The van der Waals surface area contributed by atoms with Gasteiger partial charge in [-0.05, 0) is 0 Å². The molecular weight excluding hydrogens is 422 g/mol. The predicted molar refractivity (Wildman–Crippen MR) is 103 cm³/mol. The zero-order valence-corrected chi connectivity index (χ0v) is 19.3. The first-order chi connectivity index (χ1) is 11.7. The summed E-state index contributed by atoms with van der Waals surface area (Å²) >= 11 is 0.179. The topological polar surface area (TPSA) is 61.8 Å². The van der Waals surface area contributed by atoms with Gasteiger partial charge in [0.15, 0.2) is 0 Å². The third-order valence-corrected chi connectivity index (χ3v) is 16.9. The third-order valence-electron chi connectivity index (χ3n) is 4.72. The van der Waals surface area contributed by atoms with E-state index < -0.39 is 26.8 Å². The second-order valence-electron chi connectivity index (χ2n) is 7.31. The van der Waals surface area contributed by atoms with Gasteiger partial charge in [0.05, 0.1) is 0 Å². The summed E-state index contributed by atoms with van der Waals surface area (Å²) < 4.78 is 30.3. The van der Waals surface area contributed by atoms with Crippen molar-refractivity contribution in [3.8, 4) is 0 Å². The van der Waals surface area contributed by atoms with Crippen molar-refractivity contribution in [2.24, 2.45) is 5.92 Å². The first-order valence-electron chi connectivity index (χ1n) is 8.18. The molecule has 0 spiro atoms. The molecule has 3 atom stereocenters. The molecule has 0 radical (unpaired) electrons. The molecule has 2 rings (SSSR count). The second kappa shape index (κ2) is 7.67. The molecule has 0 heterocycles. The average Bonchev–Trinajstić information content (AvgIpc) is 3.35. The van der Waals surface area contributed by atoms with Gasteiger partial charge in [-0.3, -0.25) is 0 Å². The van der Waals surface area contributed by atoms with Crippen molar-refractivity contribution in [1.29, 1.82) is 0 Å². The summed E-state index contributed by atoms with van der Waals surface area (Å²) in [6.07, 6.45) is 0.502. The Morgan fingerprint density at radius 1 is 1.20 bits per heavy atom. The molecule has 140 valence electrons. The number of carbonyl (C=O) groups is 1. The molecule has 0 saturated heterocycles. The molecule has 0 amide bonds. The molecule has 0 aromatic heterocycles. The summed E-state index contributed by atoms with van der Waals surface area (Å²) in [6.45, 7) is 6.90. The molecule has 25 heavy (non-hydrogen) atoms. The summed E-state index contributed by atoms with van der Waals surface area (Å²) in [6, 6.07) is 10.3. The maximum atomic E-state index is 13.2. The summed E-state index contributed by atoms with van der Waals surface area (Å²) in [5.74, 6) is -0.505. The van der Waals surface area contributed by atoms with E-state index in [0.29, 0.717) is 10.9 Å². The monoisotopic (exact) mass is 450 g/mol. The number of esters is 1. The van der Waals surface area contributed by atoms with Gasteiger partial charge < -0.3 is 0 Å². The van der Waals surface area contributed by atoms with E-state index in [4.69, 9.17) is 13.8 Å². The molecule has 0 aliphatic heterocycles. The number of hydrogen-bond donors (Lipinski definition) is 0. The van der Waals surface area contributed by atoms with Crippen molar-refractivity contribution < 1.29 is 23.1 Å². The van der Waals surface area contributed by atoms with E-state index in [1.54, 1.807) is 0 Å². The van der Waals surface area contributed by atoms with Gasteiger partial charge in [0.2, 0.25) is 0 Å². The zero-order chi connectivity index (χ0) is 18.9. The van der Waals surface area contributed by atoms with Crippen molar-refractivity contribution in [3.05, 3.63) is 30.3 Å². The van der Waals surface area contributed by atoms with Gasteiger partial charge in [0.1, 0.15) is 0 Å². The molecule has 1 aromatic carbocycles.